The number of hydrogen-bond donors (Lipinski definition) is 2. The Kier molecular flexibility index (Phi) is 7.12. The second-order valence-corrected chi connectivity index (χ2v) is 10.0. The van der Waals surface area contributed by atoms with E-state index in [-0.39, 0.29) is 38.6 Å². The van der Waals surface area contributed by atoms with Crippen LogP contribution in [0.3, 0.4) is 0 Å². The van der Waals surface area contributed by atoms with Gasteiger partial charge in [-0.2, -0.15) is 0 Å². The summed E-state index contributed by atoms with van der Waals surface area (Å²) in [4.78, 5) is 36.2. The van der Waals surface area contributed by atoms with Crippen molar-refractivity contribution in [1.29, 1.82) is 0 Å². The highest BCUT2D eigenvalue weighted by Crippen LogP contribution is 2.48. The summed E-state index contributed by atoms with van der Waals surface area (Å²) in [7, 11) is 4.27. The lowest BCUT2D eigenvalue weighted by molar-refractivity contribution is -0.132. The minimum absolute atomic E-state index is 0.00250. The summed E-state index contributed by atoms with van der Waals surface area (Å²) in [6, 6.07) is 10.9. The molecular weight excluding hydrogens is 557 g/mol. The van der Waals surface area contributed by atoms with Crippen LogP contribution in [0.2, 0.25) is 10.0 Å². The number of rotatable bonds is 6. The summed E-state index contributed by atoms with van der Waals surface area (Å²) >= 11 is 12.8. The molecule has 9 nitrogen and oxygen atoms in total. The molecule has 1 atom stereocenters. The maximum Gasteiger partial charge on any atom is 0.302 e. The number of ether oxygens (including phenoxy) is 3. The molecular formula is C29H25Cl2N3O6. The number of aromatic nitrogens is 2. The molecule has 1 unspecified atom stereocenters. The molecule has 0 radical (unpaired) electrons. The Hall–Kier alpha value is -4.21. The van der Waals surface area contributed by atoms with E-state index in [1.165, 1.54) is 32.3 Å². The number of ketones is 1. The molecule has 2 N–H and O–H groups in total. The second-order valence-electron chi connectivity index (χ2n) is 9.24. The predicted molar refractivity (Wildman–Crippen MR) is 153 cm³/mol. The zero-order valence-corrected chi connectivity index (χ0v) is 23.8. The van der Waals surface area contributed by atoms with Crippen molar-refractivity contribution in [3.8, 4) is 17.2 Å². The Morgan fingerprint density at radius 1 is 0.950 bits per heavy atom. The van der Waals surface area contributed by atoms with Crippen LogP contribution < -0.4 is 19.1 Å². The van der Waals surface area contributed by atoms with Gasteiger partial charge in [0.25, 0.3) is 5.78 Å². The summed E-state index contributed by atoms with van der Waals surface area (Å²) < 4.78 is 16.0. The lowest BCUT2D eigenvalue weighted by Crippen LogP contribution is -2.30. The molecule has 1 saturated heterocycles. The fourth-order valence-electron chi connectivity index (χ4n) is 4.81. The number of aryl methyl sites for hydroxylation is 2. The number of aliphatic hydroxyl groups is 1. The van der Waals surface area contributed by atoms with Gasteiger partial charge in [-0.1, -0.05) is 35.3 Å². The van der Waals surface area contributed by atoms with Crippen LogP contribution in [0.5, 0.6) is 17.2 Å². The number of Topliss-reactive ketones (excluding diaryl/α,β-unsaturated/α-hetero) is 1. The third-order valence-corrected chi connectivity index (χ3v) is 7.61. The number of nitrogens with one attached hydrogen (secondary N) is 1. The first kappa shape index (κ1) is 27.4. The van der Waals surface area contributed by atoms with Gasteiger partial charge in [0.1, 0.15) is 16.5 Å². The standard InChI is InChI=1S/C29H25Cl2N3O6/c1-13-10-19-20(11-14(13)2)33-29(32-19)34-23(15-6-8-16(38-3)9-7-15)21(25(36)28(34)37)24(35)17-12-18(30)27(40-5)22(31)26(17)39-4/h6-12,23,35H,1-5H3,(H,32,33)/b24-21+. The third kappa shape index (κ3) is 4.31. The average Bonchev–Trinajstić information content (AvgIpc) is 3.45. The quantitative estimate of drug-likeness (QED) is 0.160. The number of aromatic amines is 1. The van der Waals surface area contributed by atoms with Gasteiger partial charge >= 0.3 is 5.91 Å². The number of hydrogen-bond acceptors (Lipinski definition) is 7. The summed E-state index contributed by atoms with van der Waals surface area (Å²) in [6.07, 6.45) is 0. The van der Waals surface area contributed by atoms with Crippen LogP contribution in [0, 0.1) is 13.8 Å². The Balaban J connectivity index is 1.77. The third-order valence-electron chi connectivity index (χ3n) is 6.98. The van der Waals surface area contributed by atoms with Crippen molar-refractivity contribution in [1.82, 2.24) is 9.97 Å². The molecule has 206 valence electrons. The minimum Gasteiger partial charge on any atom is -0.507 e. The van der Waals surface area contributed by atoms with Gasteiger partial charge in [-0.25, -0.2) is 4.98 Å². The predicted octanol–water partition coefficient (Wildman–Crippen LogP) is 6.14. The molecule has 1 aliphatic rings. The molecule has 5 rings (SSSR count). The monoisotopic (exact) mass is 581 g/mol. The van der Waals surface area contributed by atoms with Crippen LogP contribution >= 0.6 is 23.2 Å². The number of imidazole rings is 1. The first-order valence-electron chi connectivity index (χ1n) is 12.1. The van der Waals surface area contributed by atoms with E-state index in [9.17, 15) is 14.7 Å². The Bertz CT molecular complexity index is 1670. The SMILES string of the molecule is COc1ccc(C2/C(=C(\O)c3cc(Cl)c(OC)c(Cl)c3OC)C(=O)C(=O)N2c2nc3cc(C)c(C)cc3[nH]2)cc1. The van der Waals surface area contributed by atoms with E-state index in [0.717, 1.165) is 11.1 Å². The number of H-pyrrole nitrogens is 1. The maximum absolute atomic E-state index is 13.6. The van der Waals surface area contributed by atoms with Crippen molar-refractivity contribution < 1.29 is 28.9 Å². The van der Waals surface area contributed by atoms with E-state index >= 15 is 0 Å². The largest absolute Gasteiger partial charge is 0.507 e. The van der Waals surface area contributed by atoms with Crippen LogP contribution in [0.25, 0.3) is 16.8 Å². The lowest BCUT2D eigenvalue weighted by Gasteiger charge is -2.23. The number of carbonyl (C=O) groups is 2. The topological polar surface area (TPSA) is 114 Å². The zero-order chi connectivity index (χ0) is 28.9. The van der Waals surface area contributed by atoms with Gasteiger partial charge in [-0.3, -0.25) is 14.5 Å². The molecule has 3 aromatic carbocycles. The zero-order valence-electron chi connectivity index (χ0n) is 22.3. The lowest BCUT2D eigenvalue weighted by atomic mass is 9.95. The highest BCUT2D eigenvalue weighted by molar-refractivity contribution is 6.51. The van der Waals surface area contributed by atoms with Crippen LogP contribution in [0.4, 0.5) is 5.95 Å². The van der Waals surface area contributed by atoms with Crippen molar-refractivity contribution in [3.63, 3.8) is 0 Å². The van der Waals surface area contributed by atoms with Gasteiger partial charge in [0.05, 0.1) is 54.6 Å². The number of methoxy groups -OCH3 is 3. The molecule has 1 aromatic heterocycles. The van der Waals surface area contributed by atoms with E-state index in [1.807, 2.05) is 26.0 Å². The Morgan fingerprint density at radius 3 is 2.23 bits per heavy atom. The molecule has 0 bridgehead atoms. The smallest absolute Gasteiger partial charge is 0.302 e. The molecule has 11 heteroatoms. The van der Waals surface area contributed by atoms with Crippen molar-refractivity contribution in [2.45, 2.75) is 19.9 Å². The molecule has 1 amide bonds. The van der Waals surface area contributed by atoms with Gasteiger partial charge in [0, 0.05) is 0 Å². The number of benzene rings is 3. The van der Waals surface area contributed by atoms with E-state index < -0.39 is 23.5 Å². The van der Waals surface area contributed by atoms with E-state index in [4.69, 9.17) is 37.4 Å². The van der Waals surface area contributed by atoms with Crippen molar-refractivity contribution in [2.75, 3.05) is 26.2 Å². The van der Waals surface area contributed by atoms with Gasteiger partial charge in [-0.05, 0) is 60.9 Å². The van der Waals surface area contributed by atoms with Crippen molar-refractivity contribution >= 4 is 57.6 Å². The van der Waals surface area contributed by atoms with E-state index in [1.54, 1.807) is 24.3 Å². The Labute approximate surface area is 239 Å². The molecule has 0 spiro atoms. The number of amides is 1. The highest BCUT2D eigenvalue weighted by atomic mass is 35.5. The number of anilines is 1. The number of nitrogens with zero attached hydrogens (tertiary/aromatic N) is 2. The van der Waals surface area contributed by atoms with E-state index in [2.05, 4.69) is 9.97 Å². The van der Waals surface area contributed by atoms with Gasteiger partial charge in [0.15, 0.2) is 11.5 Å². The number of fused-ring (bicyclic) bond motifs is 1. The van der Waals surface area contributed by atoms with Gasteiger partial charge < -0.3 is 24.3 Å². The van der Waals surface area contributed by atoms with Crippen molar-refractivity contribution in [2.24, 2.45) is 0 Å². The number of carbonyl (C=O) groups excluding carboxylic acids is 2. The van der Waals surface area contributed by atoms with Crippen LogP contribution in [0.1, 0.15) is 28.3 Å². The van der Waals surface area contributed by atoms with E-state index in [0.29, 0.717) is 22.3 Å². The van der Waals surface area contributed by atoms with Crippen molar-refractivity contribution in [3.05, 3.63) is 80.3 Å². The van der Waals surface area contributed by atoms with Gasteiger partial charge in [0.2, 0.25) is 5.95 Å². The second kappa shape index (κ2) is 10.4. The molecule has 4 aromatic rings. The van der Waals surface area contributed by atoms with Crippen LogP contribution in [0.15, 0.2) is 48.0 Å². The van der Waals surface area contributed by atoms with Crippen LogP contribution in [-0.2, 0) is 9.59 Å². The first-order valence-corrected chi connectivity index (χ1v) is 12.9. The van der Waals surface area contributed by atoms with Crippen LogP contribution in [-0.4, -0.2) is 48.1 Å². The number of halogens is 2. The van der Waals surface area contributed by atoms with Gasteiger partial charge in [-0.15, -0.1) is 0 Å². The number of aliphatic hydroxyl groups excluding tert-OH is 1. The molecule has 0 saturated carbocycles. The summed E-state index contributed by atoms with van der Waals surface area (Å²) in [5.74, 6) is -1.43. The molecule has 1 fully saturated rings. The molecule has 1 aliphatic heterocycles. The molecule has 40 heavy (non-hydrogen) atoms. The average molecular weight is 582 g/mol. The maximum atomic E-state index is 13.6. The molecule has 2 heterocycles. The summed E-state index contributed by atoms with van der Waals surface area (Å²) in [5, 5.41) is 11.7. The minimum atomic E-state index is -1.06. The fourth-order valence-corrected chi connectivity index (χ4v) is 5.50. The Morgan fingerprint density at radius 2 is 1.60 bits per heavy atom. The highest BCUT2D eigenvalue weighted by Gasteiger charge is 2.48. The fraction of sp³-hybridized carbons (Fsp3) is 0.207. The summed E-state index contributed by atoms with van der Waals surface area (Å²) in [6.45, 7) is 3.93. The first-order chi connectivity index (χ1) is 19.1. The summed E-state index contributed by atoms with van der Waals surface area (Å²) in [5.41, 5.74) is 3.74. The molecule has 0 aliphatic carbocycles. The normalized spacial score (nSPS) is 16.6.